The van der Waals surface area contributed by atoms with Gasteiger partial charge in [0.25, 0.3) is 0 Å². The van der Waals surface area contributed by atoms with Crippen LogP contribution in [0.15, 0.2) is 0 Å². The molecule has 0 aromatic carbocycles. The van der Waals surface area contributed by atoms with Gasteiger partial charge >= 0.3 is 5.97 Å². The van der Waals surface area contributed by atoms with Crippen LogP contribution in [0.3, 0.4) is 0 Å². The van der Waals surface area contributed by atoms with E-state index in [1.54, 1.807) is 18.9 Å². The third-order valence-corrected chi connectivity index (χ3v) is 3.65. The van der Waals surface area contributed by atoms with E-state index in [1.807, 2.05) is 0 Å². The Hall–Kier alpha value is -0.260. The van der Waals surface area contributed by atoms with E-state index in [4.69, 9.17) is 14.2 Å². The molecule has 2 aliphatic rings. The Balaban J connectivity index is 2.02. The van der Waals surface area contributed by atoms with Crippen LogP contribution in [0.4, 0.5) is 0 Å². The van der Waals surface area contributed by atoms with E-state index in [-0.39, 0.29) is 29.7 Å². The molecule has 2 fully saturated rings. The lowest BCUT2D eigenvalue weighted by Gasteiger charge is -2.18. The maximum Gasteiger partial charge on any atom is 0.303 e. The zero-order chi connectivity index (χ0) is 9.42. The highest BCUT2D eigenvalue weighted by Gasteiger charge is 2.52. The van der Waals surface area contributed by atoms with Gasteiger partial charge in [-0.1, -0.05) is 0 Å². The summed E-state index contributed by atoms with van der Waals surface area (Å²) in [5.74, 6) is 0.644. The molecule has 2 rings (SSSR count). The van der Waals surface area contributed by atoms with Crippen LogP contribution >= 0.6 is 11.8 Å². The Morgan fingerprint density at radius 3 is 2.92 bits per heavy atom. The minimum Gasteiger partial charge on any atom is -0.458 e. The van der Waals surface area contributed by atoms with E-state index < -0.39 is 0 Å². The van der Waals surface area contributed by atoms with Gasteiger partial charge in [-0.2, -0.15) is 0 Å². The van der Waals surface area contributed by atoms with Gasteiger partial charge in [-0.3, -0.25) is 4.79 Å². The summed E-state index contributed by atoms with van der Waals surface area (Å²) >= 11 is 1.75. The smallest absolute Gasteiger partial charge is 0.303 e. The van der Waals surface area contributed by atoms with Gasteiger partial charge in [-0.05, 0) is 0 Å². The molecule has 0 unspecified atom stereocenters. The zero-order valence-corrected chi connectivity index (χ0v) is 8.37. The number of ether oxygens (including phenoxy) is 3. The average molecular weight is 204 g/mol. The highest BCUT2D eigenvalue weighted by molar-refractivity contribution is 8.00. The van der Waals surface area contributed by atoms with Crippen LogP contribution in [-0.2, 0) is 19.0 Å². The molecule has 0 saturated carbocycles. The molecule has 0 radical (unpaired) electrons. The van der Waals surface area contributed by atoms with E-state index in [0.29, 0.717) is 0 Å². The standard InChI is InChI=1S/C8H12O4S/c1-4(9)11-6-5-3-13-7(6)8(10-2)12-5/h5-8H,3H2,1-2H3/t5-,6+,7+,8+/m1/s1. The quantitative estimate of drug-likeness (QED) is 0.609. The molecule has 4 atom stereocenters. The Kier molecular flexibility index (Phi) is 2.49. The maximum atomic E-state index is 10.8. The van der Waals surface area contributed by atoms with Gasteiger partial charge in [0.05, 0.1) is 5.25 Å². The van der Waals surface area contributed by atoms with Crippen LogP contribution < -0.4 is 0 Å². The number of esters is 1. The molecule has 0 aliphatic carbocycles. The fourth-order valence-corrected chi connectivity index (χ4v) is 3.16. The van der Waals surface area contributed by atoms with E-state index in [2.05, 4.69) is 0 Å². The molecular weight excluding hydrogens is 192 g/mol. The summed E-state index contributed by atoms with van der Waals surface area (Å²) in [6, 6.07) is 0. The first-order valence-corrected chi connectivity index (χ1v) is 5.24. The van der Waals surface area contributed by atoms with Crippen LogP contribution in [0.5, 0.6) is 0 Å². The predicted molar refractivity (Wildman–Crippen MR) is 47.5 cm³/mol. The predicted octanol–water partition coefficient (Wildman–Crippen LogP) is 0.405. The molecule has 0 aromatic rings. The van der Waals surface area contributed by atoms with E-state index in [0.717, 1.165) is 5.75 Å². The van der Waals surface area contributed by atoms with Crippen LogP contribution in [-0.4, -0.2) is 42.6 Å². The van der Waals surface area contributed by atoms with Crippen molar-refractivity contribution < 1.29 is 19.0 Å². The normalized spacial score (nSPS) is 42.3. The molecule has 4 nitrogen and oxygen atoms in total. The molecule has 74 valence electrons. The van der Waals surface area contributed by atoms with Crippen molar-refractivity contribution in [3.63, 3.8) is 0 Å². The third-order valence-electron chi connectivity index (χ3n) is 2.25. The number of fused-ring (bicyclic) bond motifs is 2. The fraction of sp³-hybridized carbons (Fsp3) is 0.875. The molecule has 5 heteroatoms. The van der Waals surface area contributed by atoms with Crippen molar-refractivity contribution in [1.82, 2.24) is 0 Å². The van der Waals surface area contributed by atoms with Gasteiger partial charge in [0.2, 0.25) is 0 Å². The largest absolute Gasteiger partial charge is 0.458 e. The second kappa shape index (κ2) is 3.48. The lowest BCUT2D eigenvalue weighted by Crippen LogP contribution is -2.29. The summed E-state index contributed by atoms with van der Waals surface area (Å²) in [6.45, 7) is 1.42. The van der Waals surface area contributed by atoms with Crippen molar-refractivity contribution >= 4 is 17.7 Å². The number of thioether (sulfide) groups is 1. The first-order chi connectivity index (χ1) is 6.22. The number of methoxy groups -OCH3 is 1. The monoisotopic (exact) mass is 204 g/mol. The van der Waals surface area contributed by atoms with Gasteiger partial charge in [-0.25, -0.2) is 0 Å². The number of carbonyl (C=O) groups is 1. The van der Waals surface area contributed by atoms with Crippen molar-refractivity contribution in [2.24, 2.45) is 0 Å². The van der Waals surface area contributed by atoms with Crippen molar-refractivity contribution in [3.05, 3.63) is 0 Å². The Morgan fingerprint density at radius 2 is 2.38 bits per heavy atom. The summed E-state index contributed by atoms with van der Waals surface area (Å²) in [4.78, 5) is 10.8. The zero-order valence-electron chi connectivity index (χ0n) is 7.56. The van der Waals surface area contributed by atoms with E-state index >= 15 is 0 Å². The van der Waals surface area contributed by atoms with Crippen molar-refractivity contribution in [2.45, 2.75) is 30.7 Å². The second-order valence-corrected chi connectivity index (χ2v) is 4.36. The third kappa shape index (κ3) is 1.56. The number of hydrogen-bond donors (Lipinski definition) is 0. The molecule has 0 spiro atoms. The summed E-state index contributed by atoms with van der Waals surface area (Å²) in [6.07, 6.45) is -0.315. The van der Waals surface area contributed by atoms with Gasteiger partial charge in [-0.15, -0.1) is 11.8 Å². The summed E-state index contributed by atoms with van der Waals surface area (Å²) < 4.78 is 15.8. The minimum absolute atomic E-state index is 0.0175. The number of carbonyl (C=O) groups excluding carboxylic acids is 1. The maximum absolute atomic E-state index is 10.8. The van der Waals surface area contributed by atoms with Crippen LogP contribution in [0.25, 0.3) is 0 Å². The Morgan fingerprint density at radius 1 is 1.62 bits per heavy atom. The van der Waals surface area contributed by atoms with Gasteiger partial charge < -0.3 is 14.2 Å². The van der Waals surface area contributed by atoms with Crippen LogP contribution in [0.1, 0.15) is 6.92 Å². The molecule has 2 bridgehead atoms. The van der Waals surface area contributed by atoms with Crippen LogP contribution in [0, 0.1) is 0 Å². The van der Waals surface area contributed by atoms with E-state index in [1.165, 1.54) is 6.92 Å². The SMILES string of the molecule is CO[C@H]1O[C@@H]2CS[C@H]1[C@H]2OC(C)=O. The van der Waals surface area contributed by atoms with Gasteiger partial charge in [0, 0.05) is 19.8 Å². The number of hydrogen-bond acceptors (Lipinski definition) is 5. The van der Waals surface area contributed by atoms with Gasteiger partial charge in [0.1, 0.15) is 12.2 Å². The second-order valence-electron chi connectivity index (χ2n) is 3.15. The fourth-order valence-electron chi connectivity index (χ4n) is 1.73. The number of rotatable bonds is 2. The molecule has 13 heavy (non-hydrogen) atoms. The lowest BCUT2D eigenvalue weighted by atomic mass is 10.2. The molecule has 2 heterocycles. The van der Waals surface area contributed by atoms with Crippen molar-refractivity contribution in [3.8, 4) is 0 Å². The molecular formula is C8H12O4S. The first-order valence-electron chi connectivity index (χ1n) is 4.19. The summed E-state index contributed by atoms with van der Waals surface area (Å²) in [5.41, 5.74) is 0. The first kappa shape index (κ1) is 9.30. The lowest BCUT2D eigenvalue weighted by molar-refractivity contribution is -0.149. The average Bonchev–Trinajstić information content (AvgIpc) is 2.61. The topological polar surface area (TPSA) is 44.8 Å². The summed E-state index contributed by atoms with van der Waals surface area (Å²) in [5, 5.41) is 0.152. The van der Waals surface area contributed by atoms with Crippen molar-refractivity contribution in [1.29, 1.82) is 0 Å². The van der Waals surface area contributed by atoms with Gasteiger partial charge in [0.15, 0.2) is 6.29 Å². The molecule has 2 aliphatic heterocycles. The Bertz CT molecular complexity index is 220. The minimum atomic E-state index is -0.247. The van der Waals surface area contributed by atoms with Crippen LogP contribution in [0.2, 0.25) is 0 Å². The summed E-state index contributed by atoms with van der Waals surface area (Å²) in [7, 11) is 1.61. The highest BCUT2D eigenvalue weighted by Crippen LogP contribution is 2.42. The van der Waals surface area contributed by atoms with E-state index in [9.17, 15) is 4.79 Å². The molecule has 0 amide bonds. The van der Waals surface area contributed by atoms with Crippen molar-refractivity contribution in [2.75, 3.05) is 12.9 Å². The highest BCUT2D eigenvalue weighted by atomic mass is 32.2. The Labute approximate surface area is 80.9 Å². The molecule has 0 N–H and O–H groups in total. The molecule has 0 aromatic heterocycles. The molecule has 2 saturated heterocycles.